The Balaban J connectivity index is 2.42. The molecule has 0 aliphatic rings. The lowest BCUT2D eigenvalue weighted by Crippen LogP contribution is -2.18. The molecule has 0 saturated heterocycles. The largest absolute Gasteiger partial charge is 0.309 e. The molecule has 4 heteroatoms. The molecular weight excluding hydrogens is 214 g/mol. The van der Waals surface area contributed by atoms with Gasteiger partial charge in [-0.25, -0.2) is 4.98 Å². The van der Waals surface area contributed by atoms with Crippen molar-refractivity contribution in [2.24, 2.45) is 0 Å². The second-order valence-electron chi connectivity index (χ2n) is 4.18. The fourth-order valence-electron chi connectivity index (χ4n) is 1.64. The van der Waals surface area contributed by atoms with Crippen molar-refractivity contribution in [1.29, 1.82) is 0 Å². The van der Waals surface area contributed by atoms with Crippen molar-refractivity contribution in [3.63, 3.8) is 0 Å². The number of nitrogens with one attached hydrogen (secondary N) is 1. The SMILES string of the molecule is CN(C)Cc1nc(-c2ccccc2)cc(=O)[nH]1. The average molecular weight is 229 g/mol. The third-order valence-electron chi connectivity index (χ3n) is 2.33. The first-order valence-corrected chi connectivity index (χ1v) is 5.45. The molecule has 0 radical (unpaired) electrons. The smallest absolute Gasteiger partial charge is 0.251 e. The molecule has 0 spiro atoms. The van der Waals surface area contributed by atoms with Crippen molar-refractivity contribution in [3.05, 3.63) is 52.6 Å². The van der Waals surface area contributed by atoms with Crippen LogP contribution in [0.2, 0.25) is 0 Å². The highest BCUT2D eigenvalue weighted by Crippen LogP contribution is 2.14. The Morgan fingerprint density at radius 3 is 2.59 bits per heavy atom. The van der Waals surface area contributed by atoms with Gasteiger partial charge < -0.3 is 9.88 Å². The first-order chi connectivity index (χ1) is 8.15. The zero-order valence-corrected chi connectivity index (χ0v) is 9.97. The van der Waals surface area contributed by atoms with Gasteiger partial charge in [0.15, 0.2) is 0 Å². The summed E-state index contributed by atoms with van der Waals surface area (Å²) in [7, 11) is 3.88. The number of aromatic amines is 1. The van der Waals surface area contributed by atoms with Crippen LogP contribution < -0.4 is 5.56 Å². The fraction of sp³-hybridized carbons (Fsp3) is 0.231. The van der Waals surface area contributed by atoms with E-state index in [2.05, 4.69) is 9.97 Å². The Morgan fingerprint density at radius 2 is 1.94 bits per heavy atom. The van der Waals surface area contributed by atoms with Crippen LogP contribution in [0.4, 0.5) is 0 Å². The van der Waals surface area contributed by atoms with Crippen molar-refractivity contribution >= 4 is 0 Å². The molecule has 0 unspecified atom stereocenters. The lowest BCUT2D eigenvalue weighted by atomic mass is 10.1. The lowest BCUT2D eigenvalue weighted by Gasteiger charge is -2.09. The van der Waals surface area contributed by atoms with Gasteiger partial charge in [-0.15, -0.1) is 0 Å². The number of benzene rings is 1. The van der Waals surface area contributed by atoms with E-state index in [9.17, 15) is 4.79 Å². The second kappa shape index (κ2) is 4.93. The third kappa shape index (κ3) is 3.01. The highest BCUT2D eigenvalue weighted by atomic mass is 16.1. The van der Waals surface area contributed by atoms with Crippen molar-refractivity contribution in [2.45, 2.75) is 6.54 Å². The standard InChI is InChI=1S/C13H15N3O/c1-16(2)9-12-14-11(8-13(17)15-12)10-6-4-3-5-7-10/h3-8H,9H2,1-2H3,(H,14,15,17). The van der Waals surface area contributed by atoms with Gasteiger partial charge in [-0.3, -0.25) is 4.79 Å². The van der Waals surface area contributed by atoms with E-state index in [4.69, 9.17) is 0 Å². The molecule has 4 nitrogen and oxygen atoms in total. The molecule has 0 aliphatic heterocycles. The molecule has 17 heavy (non-hydrogen) atoms. The Hall–Kier alpha value is -1.94. The van der Waals surface area contributed by atoms with Crippen molar-refractivity contribution in [3.8, 4) is 11.3 Å². The summed E-state index contributed by atoms with van der Waals surface area (Å²) in [6, 6.07) is 11.2. The first kappa shape index (κ1) is 11.5. The molecule has 0 aliphatic carbocycles. The number of nitrogens with zero attached hydrogens (tertiary/aromatic N) is 2. The van der Waals surface area contributed by atoms with Gasteiger partial charge in [-0.05, 0) is 14.1 Å². The number of aromatic nitrogens is 2. The maximum atomic E-state index is 11.6. The van der Waals surface area contributed by atoms with E-state index in [0.29, 0.717) is 18.1 Å². The highest BCUT2D eigenvalue weighted by molar-refractivity contribution is 5.58. The summed E-state index contributed by atoms with van der Waals surface area (Å²) in [6.45, 7) is 0.621. The zero-order valence-electron chi connectivity index (χ0n) is 9.97. The highest BCUT2D eigenvalue weighted by Gasteiger charge is 2.04. The van der Waals surface area contributed by atoms with Crippen molar-refractivity contribution < 1.29 is 0 Å². The summed E-state index contributed by atoms with van der Waals surface area (Å²) >= 11 is 0. The van der Waals surface area contributed by atoms with E-state index in [1.54, 1.807) is 0 Å². The minimum Gasteiger partial charge on any atom is -0.309 e. The zero-order chi connectivity index (χ0) is 12.3. The molecular formula is C13H15N3O. The molecule has 2 rings (SSSR count). The fourth-order valence-corrected chi connectivity index (χ4v) is 1.64. The summed E-state index contributed by atoms with van der Waals surface area (Å²) in [4.78, 5) is 20.7. The number of rotatable bonds is 3. The van der Waals surface area contributed by atoms with Crippen LogP contribution in [0.1, 0.15) is 5.82 Å². The Kier molecular flexibility index (Phi) is 3.35. The molecule has 0 atom stereocenters. The van der Waals surface area contributed by atoms with Crippen LogP contribution >= 0.6 is 0 Å². The molecule has 0 amide bonds. The van der Waals surface area contributed by atoms with Gasteiger partial charge in [-0.1, -0.05) is 30.3 Å². The summed E-state index contributed by atoms with van der Waals surface area (Å²) < 4.78 is 0. The molecule has 0 saturated carbocycles. The van der Waals surface area contributed by atoms with E-state index in [1.807, 2.05) is 49.3 Å². The minimum absolute atomic E-state index is 0.115. The van der Waals surface area contributed by atoms with Gasteiger partial charge in [0.2, 0.25) is 0 Å². The third-order valence-corrected chi connectivity index (χ3v) is 2.33. The molecule has 1 aromatic heterocycles. The van der Waals surface area contributed by atoms with Crippen LogP contribution in [0, 0.1) is 0 Å². The predicted molar refractivity (Wildman–Crippen MR) is 67.7 cm³/mol. The van der Waals surface area contributed by atoms with Crippen LogP contribution in [0.3, 0.4) is 0 Å². The average Bonchev–Trinajstić information content (AvgIpc) is 2.28. The summed E-state index contributed by atoms with van der Waals surface area (Å²) in [6.07, 6.45) is 0. The molecule has 2 aromatic rings. The van der Waals surface area contributed by atoms with Gasteiger partial charge >= 0.3 is 0 Å². The molecule has 1 N–H and O–H groups in total. The molecule has 0 bridgehead atoms. The quantitative estimate of drug-likeness (QED) is 0.867. The Labute approximate surface area is 99.9 Å². The Morgan fingerprint density at radius 1 is 1.24 bits per heavy atom. The van der Waals surface area contributed by atoms with E-state index in [-0.39, 0.29) is 5.56 Å². The van der Waals surface area contributed by atoms with E-state index < -0.39 is 0 Å². The van der Waals surface area contributed by atoms with Crippen LogP contribution in [-0.2, 0) is 6.54 Å². The minimum atomic E-state index is -0.115. The molecule has 88 valence electrons. The Bertz CT molecular complexity index is 546. The molecule has 1 heterocycles. The number of hydrogen-bond donors (Lipinski definition) is 1. The van der Waals surface area contributed by atoms with E-state index in [1.165, 1.54) is 6.07 Å². The topological polar surface area (TPSA) is 49.0 Å². The van der Waals surface area contributed by atoms with Crippen molar-refractivity contribution in [1.82, 2.24) is 14.9 Å². The first-order valence-electron chi connectivity index (χ1n) is 5.45. The van der Waals surface area contributed by atoms with Crippen LogP contribution in [0.25, 0.3) is 11.3 Å². The van der Waals surface area contributed by atoms with Gasteiger partial charge in [0.05, 0.1) is 12.2 Å². The van der Waals surface area contributed by atoms with E-state index in [0.717, 1.165) is 5.56 Å². The maximum absolute atomic E-state index is 11.6. The molecule has 1 aromatic carbocycles. The van der Waals surface area contributed by atoms with Gasteiger partial charge in [0.25, 0.3) is 5.56 Å². The number of hydrogen-bond acceptors (Lipinski definition) is 3. The monoisotopic (exact) mass is 229 g/mol. The number of H-pyrrole nitrogens is 1. The van der Waals surface area contributed by atoms with Gasteiger partial charge in [0.1, 0.15) is 5.82 Å². The second-order valence-corrected chi connectivity index (χ2v) is 4.18. The summed E-state index contributed by atoms with van der Waals surface area (Å²) in [5.74, 6) is 0.682. The summed E-state index contributed by atoms with van der Waals surface area (Å²) in [5.41, 5.74) is 1.56. The summed E-state index contributed by atoms with van der Waals surface area (Å²) in [5, 5.41) is 0. The normalized spacial score (nSPS) is 10.8. The van der Waals surface area contributed by atoms with Crippen LogP contribution in [0.5, 0.6) is 0 Å². The van der Waals surface area contributed by atoms with Crippen LogP contribution in [-0.4, -0.2) is 29.0 Å². The maximum Gasteiger partial charge on any atom is 0.251 e. The van der Waals surface area contributed by atoms with Crippen LogP contribution in [0.15, 0.2) is 41.2 Å². The van der Waals surface area contributed by atoms with E-state index >= 15 is 0 Å². The lowest BCUT2D eigenvalue weighted by molar-refractivity contribution is 0.390. The predicted octanol–water partition coefficient (Wildman–Crippen LogP) is 1.50. The van der Waals surface area contributed by atoms with Gasteiger partial charge in [-0.2, -0.15) is 0 Å². The molecule has 0 fully saturated rings. The van der Waals surface area contributed by atoms with Gasteiger partial charge in [0, 0.05) is 11.6 Å². The van der Waals surface area contributed by atoms with Crippen molar-refractivity contribution in [2.75, 3.05) is 14.1 Å².